The molecule has 0 aliphatic heterocycles. The van der Waals surface area contributed by atoms with Crippen LogP contribution in [-0.2, 0) is 14.8 Å². The lowest BCUT2D eigenvalue weighted by molar-refractivity contribution is -0.131. The van der Waals surface area contributed by atoms with Crippen molar-refractivity contribution in [3.63, 3.8) is 0 Å². The number of hydrogen-bond donors (Lipinski definition) is 0. The van der Waals surface area contributed by atoms with Crippen molar-refractivity contribution in [1.29, 1.82) is 0 Å². The van der Waals surface area contributed by atoms with Crippen LogP contribution in [0.15, 0.2) is 53.5 Å². The summed E-state index contributed by atoms with van der Waals surface area (Å²) < 4.78 is 29.3. The molecule has 0 N–H and O–H groups in total. The smallest absolute Gasteiger partial charge is 0.308 e. The Kier molecular flexibility index (Phi) is 5.35. The second kappa shape index (κ2) is 7.27. The van der Waals surface area contributed by atoms with E-state index >= 15 is 0 Å². The average Bonchev–Trinajstić information content (AvgIpc) is 2.52. The van der Waals surface area contributed by atoms with Gasteiger partial charge < -0.3 is 4.74 Å². The van der Waals surface area contributed by atoms with Gasteiger partial charge in [0.1, 0.15) is 5.75 Å². The molecule has 6 nitrogen and oxygen atoms in total. The molecule has 0 atom stereocenters. The summed E-state index contributed by atoms with van der Waals surface area (Å²) in [7, 11) is -1.82. The second-order valence-corrected chi connectivity index (χ2v) is 7.18. The number of benzene rings is 2. The van der Waals surface area contributed by atoms with E-state index in [0.717, 1.165) is 11.8 Å². The van der Waals surface area contributed by atoms with Crippen molar-refractivity contribution in [1.82, 2.24) is 0 Å². The highest BCUT2D eigenvalue weighted by atomic mass is 32.2. The minimum Gasteiger partial charge on any atom is -0.427 e. The lowest BCUT2D eigenvalue weighted by atomic mass is 10.2. The molecule has 0 spiro atoms. The van der Waals surface area contributed by atoms with Crippen LogP contribution in [-0.4, -0.2) is 33.9 Å². The molecule has 0 saturated carbocycles. The lowest BCUT2D eigenvalue weighted by Crippen LogP contribution is -2.24. The van der Waals surface area contributed by atoms with Crippen molar-refractivity contribution < 1.29 is 17.9 Å². The van der Waals surface area contributed by atoms with Gasteiger partial charge in [-0.2, -0.15) is 0 Å². The Morgan fingerprint density at radius 1 is 1.17 bits per heavy atom. The molecule has 0 bridgehead atoms. The minimum absolute atomic E-state index is 0.372. The summed E-state index contributed by atoms with van der Waals surface area (Å²) in [4.78, 5) is 15.2. The van der Waals surface area contributed by atoms with Crippen LogP contribution in [0.5, 0.6) is 5.75 Å². The normalized spacial score (nSPS) is 11.5. The van der Waals surface area contributed by atoms with Gasteiger partial charge in [-0.1, -0.05) is 6.07 Å². The van der Waals surface area contributed by atoms with Crippen LogP contribution in [0.3, 0.4) is 0 Å². The summed E-state index contributed by atoms with van der Waals surface area (Å²) in [6.07, 6.45) is 2.80. The van der Waals surface area contributed by atoms with Crippen LogP contribution >= 0.6 is 0 Å². The minimum atomic E-state index is -3.31. The van der Waals surface area contributed by atoms with E-state index in [9.17, 15) is 13.2 Å². The summed E-state index contributed by atoms with van der Waals surface area (Å²) in [6.45, 7) is 1.34. The maximum atomic E-state index is 11.6. The van der Waals surface area contributed by atoms with Gasteiger partial charge in [-0.25, -0.2) is 8.42 Å². The standard InChI is InChI=1S/C17H18N2O4S/c1-13(20)23-17-9-7-14(8-10-17)12-18-15-5-4-6-16(11-15)19(2)24(3,21)22/h4-12H,1-3H3. The quantitative estimate of drug-likeness (QED) is 0.474. The van der Waals surface area contributed by atoms with Crippen LogP contribution in [0.25, 0.3) is 0 Å². The van der Waals surface area contributed by atoms with Gasteiger partial charge in [0.15, 0.2) is 0 Å². The second-order valence-electron chi connectivity index (χ2n) is 5.17. The zero-order chi connectivity index (χ0) is 17.7. The number of sulfonamides is 1. The number of carbonyl (C=O) groups is 1. The third kappa shape index (κ3) is 4.92. The summed E-state index contributed by atoms with van der Waals surface area (Å²) in [6, 6.07) is 13.8. The van der Waals surface area contributed by atoms with Gasteiger partial charge in [-0.05, 0) is 48.0 Å². The van der Waals surface area contributed by atoms with E-state index in [4.69, 9.17) is 4.74 Å². The summed E-state index contributed by atoms with van der Waals surface area (Å²) in [5.41, 5.74) is 2.00. The van der Waals surface area contributed by atoms with E-state index in [2.05, 4.69) is 4.99 Å². The Hall–Kier alpha value is -2.67. The summed E-state index contributed by atoms with van der Waals surface area (Å²) in [5, 5.41) is 0. The van der Waals surface area contributed by atoms with Crippen molar-refractivity contribution >= 4 is 33.6 Å². The van der Waals surface area contributed by atoms with E-state index in [0.29, 0.717) is 17.1 Å². The fourth-order valence-corrected chi connectivity index (χ4v) is 2.39. The highest BCUT2D eigenvalue weighted by Crippen LogP contribution is 2.22. The maximum absolute atomic E-state index is 11.6. The van der Waals surface area contributed by atoms with Crippen molar-refractivity contribution in [3.05, 3.63) is 54.1 Å². The largest absolute Gasteiger partial charge is 0.427 e. The number of anilines is 1. The van der Waals surface area contributed by atoms with Crippen LogP contribution in [0, 0.1) is 0 Å². The first-order valence-corrected chi connectivity index (χ1v) is 8.97. The monoisotopic (exact) mass is 346 g/mol. The van der Waals surface area contributed by atoms with E-state index < -0.39 is 10.0 Å². The van der Waals surface area contributed by atoms with E-state index in [1.165, 1.54) is 18.3 Å². The molecule has 0 aromatic heterocycles. The van der Waals surface area contributed by atoms with Crippen molar-refractivity contribution in [2.75, 3.05) is 17.6 Å². The molecule has 0 heterocycles. The van der Waals surface area contributed by atoms with Gasteiger partial charge in [0, 0.05) is 20.2 Å². The van der Waals surface area contributed by atoms with Gasteiger partial charge in [0.2, 0.25) is 10.0 Å². The summed E-state index contributed by atoms with van der Waals surface area (Å²) >= 11 is 0. The third-order valence-electron chi connectivity index (χ3n) is 3.20. The number of nitrogens with zero attached hydrogens (tertiary/aromatic N) is 2. The predicted molar refractivity (Wildman–Crippen MR) is 94.7 cm³/mol. The molecule has 2 aromatic carbocycles. The SMILES string of the molecule is CC(=O)Oc1ccc(C=Nc2cccc(N(C)S(C)(=O)=O)c2)cc1. The zero-order valence-corrected chi connectivity index (χ0v) is 14.4. The Bertz CT molecular complexity index is 858. The molecular formula is C17H18N2O4S. The van der Waals surface area contributed by atoms with E-state index in [1.54, 1.807) is 54.7 Å². The van der Waals surface area contributed by atoms with E-state index in [-0.39, 0.29) is 5.97 Å². The van der Waals surface area contributed by atoms with Crippen LogP contribution in [0.2, 0.25) is 0 Å². The average molecular weight is 346 g/mol. The third-order valence-corrected chi connectivity index (χ3v) is 4.40. The van der Waals surface area contributed by atoms with Gasteiger partial charge in [-0.15, -0.1) is 0 Å². The molecule has 0 unspecified atom stereocenters. The van der Waals surface area contributed by atoms with Gasteiger partial charge in [0.05, 0.1) is 17.6 Å². The van der Waals surface area contributed by atoms with Crippen LogP contribution in [0.1, 0.15) is 12.5 Å². The number of esters is 1. The number of carbonyl (C=O) groups excluding carboxylic acids is 1. The number of aliphatic imine (C=N–C) groups is 1. The van der Waals surface area contributed by atoms with Gasteiger partial charge >= 0.3 is 5.97 Å². The summed E-state index contributed by atoms with van der Waals surface area (Å²) in [5.74, 6) is 0.0969. The number of ether oxygens (including phenoxy) is 1. The molecule has 0 radical (unpaired) electrons. The number of rotatable bonds is 5. The lowest BCUT2D eigenvalue weighted by Gasteiger charge is -2.16. The maximum Gasteiger partial charge on any atom is 0.308 e. The van der Waals surface area contributed by atoms with Crippen LogP contribution in [0.4, 0.5) is 11.4 Å². The number of hydrogen-bond acceptors (Lipinski definition) is 5. The molecule has 2 rings (SSSR count). The molecular weight excluding hydrogens is 328 g/mol. The molecule has 24 heavy (non-hydrogen) atoms. The Balaban J connectivity index is 2.16. The van der Waals surface area contributed by atoms with Crippen LogP contribution < -0.4 is 9.04 Å². The molecule has 0 aliphatic carbocycles. The first kappa shape index (κ1) is 17.7. The molecule has 2 aromatic rings. The molecule has 0 saturated heterocycles. The fraction of sp³-hybridized carbons (Fsp3) is 0.176. The first-order valence-electron chi connectivity index (χ1n) is 7.12. The topological polar surface area (TPSA) is 76.0 Å². The molecule has 7 heteroatoms. The molecule has 0 fully saturated rings. The molecule has 0 amide bonds. The van der Waals surface area contributed by atoms with Crippen molar-refractivity contribution in [3.8, 4) is 5.75 Å². The highest BCUT2D eigenvalue weighted by molar-refractivity contribution is 7.92. The van der Waals surface area contributed by atoms with Gasteiger partial charge in [-0.3, -0.25) is 14.1 Å². The predicted octanol–water partition coefficient (Wildman–Crippen LogP) is 2.76. The Morgan fingerprint density at radius 2 is 1.83 bits per heavy atom. The molecule has 126 valence electrons. The first-order chi connectivity index (χ1) is 11.3. The zero-order valence-electron chi connectivity index (χ0n) is 13.6. The van der Waals surface area contributed by atoms with Crippen molar-refractivity contribution in [2.45, 2.75) is 6.92 Å². The van der Waals surface area contributed by atoms with Crippen molar-refractivity contribution in [2.24, 2.45) is 4.99 Å². The highest BCUT2D eigenvalue weighted by Gasteiger charge is 2.11. The van der Waals surface area contributed by atoms with Gasteiger partial charge in [0.25, 0.3) is 0 Å². The van der Waals surface area contributed by atoms with E-state index in [1.807, 2.05) is 0 Å². The Morgan fingerprint density at radius 3 is 2.42 bits per heavy atom. The Labute approximate surface area is 141 Å². The molecule has 0 aliphatic rings. The fourth-order valence-electron chi connectivity index (χ4n) is 1.90.